The van der Waals surface area contributed by atoms with Gasteiger partial charge in [0, 0.05) is 97.7 Å². The number of esters is 2. The van der Waals surface area contributed by atoms with E-state index in [1.165, 1.54) is 13.8 Å². The van der Waals surface area contributed by atoms with E-state index in [1.807, 2.05) is 37.2 Å². The predicted octanol–water partition coefficient (Wildman–Crippen LogP) is 8.28. The van der Waals surface area contributed by atoms with Crippen LogP contribution in [0.25, 0.3) is 21.8 Å². The molecule has 0 saturated heterocycles. The van der Waals surface area contributed by atoms with Gasteiger partial charge in [-0.1, -0.05) is 19.3 Å². The number of benzene rings is 2. The highest BCUT2D eigenvalue weighted by Gasteiger charge is 2.46. The Bertz CT molecular complexity index is 2060. The standard InChI is InChI=1S/C39H44Cl2N4O6/c1-21-17-42-36-29(50-23(3)46)13-27-34(32(21)36)25(15-40)19-44(27)31(48)9-8-12-39(10-6-5-7-11-39)38(49)45-20-26(16-41)35-28(45)14-30(51-24(4)47)37-33(35)22(2)18-43-37/h13-14,17-18,25-26,42-43H,5-12,15-16,19-20H2,1-4H3/t25-,26-/m1/s1. The van der Waals surface area contributed by atoms with E-state index in [4.69, 9.17) is 32.7 Å². The number of aryl methyl sites for hydroxylation is 2. The molecule has 0 radical (unpaired) electrons. The average molecular weight is 736 g/mol. The fraction of sp³-hybridized carbons (Fsp3) is 0.487. The molecule has 12 heteroatoms. The fourth-order valence-corrected chi connectivity index (χ4v) is 9.48. The number of nitrogens with zero attached hydrogens (tertiary/aromatic N) is 2. The summed E-state index contributed by atoms with van der Waals surface area (Å²) in [5.41, 5.74) is 6.26. The molecule has 4 heterocycles. The second-order valence-corrected chi connectivity index (χ2v) is 15.2. The fourth-order valence-electron chi connectivity index (χ4n) is 8.97. The Balaban J connectivity index is 1.16. The third kappa shape index (κ3) is 6.08. The lowest BCUT2D eigenvalue weighted by Crippen LogP contribution is -2.45. The van der Waals surface area contributed by atoms with Crippen LogP contribution in [0.4, 0.5) is 11.4 Å². The minimum Gasteiger partial charge on any atom is -0.424 e. The maximum Gasteiger partial charge on any atom is 0.308 e. The van der Waals surface area contributed by atoms with Crippen LogP contribution in [-0.2, 0) is 19.2 Å². The molecule has 3 aliphatic rings. The van der Waals surface area contributed by atoms with Gasteiger partial charge in [-0.2, -0.15) is 0 Å². The number of rotatable bonds is 9. The van der Waals surface area contributed by atoms with Gasteiger partial charge in [-0.25, -0.2) is 0 Å². The zero-order chi connectivity index (χ0) is 36.2. The van der Waals surface area contributed by atoms with Gasteiger partial charge in [0.25, 0.3) is 0 Å². The van der Waals surface area contributed by atoms with Crippen LogP contribution in [0.1, 0.15) is 99.3 Å². The van der Waals surface area contributed by atoms with E-state index in [-0.39, 0.29) is 30.1 Å². The van der Waals surface area contributed by atoms with Crippen molar-refractivity contribution in [2.24, 2.45) is 5.41 Å². The summed E-state index contributed by atoms with van der Waals surface area (Å²) in [7, 11) is 0. The molecule has 1 aliphatic carbocycles. The molecule has 7 rings (SSSR count). The number of H-pyrrole nitrogens is 2. The second kappa shape index (κ2) is 13.8. The number of alkyl halides is 2. The van der Waals surface area contributed by atoms with Gasteiger partial charge in [0.2, 0.25) is 11.8 Å². The second-order valence-electron chi connectivity index (χ2n) is 14.6. The number of hydrogen-bond donors (Lipinski definition) is 2. The van der Waals surface area contributed by atoms with Gasteiger partial charge < -0.3 is 29.2 Å². The summed E-state index contributed by atoms with van der Waals surface area (Å²) < 4.78 is 11.2. The maximum absolute atomic E-state index is 14.9. The third-order valence-corrected chi connectivity index (χ3v) is 12.0. The van der Waals surface area contributed by atoms with E-state index in [0.717, 1.165) is 87.5 Å². The molecule has 10 nitrogen and oxygen atoms in total. The third-order valence-electron chi connectivity index (χ3n) is 11.2. The van der Waals surface area contributed by atoms with E-state index in [1.54, 1.807) is 11.0 Å². The lowest BCUT2D eigenvalue weighted by Gasteiger charge is -2.39. The van der Waals surface area contributed by atoms with Crippen molar-refractivity contribution in [2.75, 3.05) is 34.6 Å². The van der Waals surface area contributed by atoms with Crippen molar-refractivity contribution < 1.29 is 28.7 Å². The van der Waals surface area contributed by atoms with E-state index >= 15 is 0 Å². The number of carbonyl (C=O) groups excluding carboxylic acids is 4. The molecule has 2 atom stereocenters. The molecule has 2 aliphatic heterocycles. The van der Waals surface area contributed by atoms with Gasteiger partial charge in [0.15, 0.2) is 11.5 Å². The van der Waals surface area contributed by atoms with Crippen LogP contribution in [0.15, 0.2) is 24.5 Å². The van der Waals surface area contributed by atoms with Gasteiger partial charge >= 0.3 is 11.9 Å². The Morgan fingerprint density at radius 1 is 0.784 bits per heavy atom. The van der Waals surface area contributed by atoms with E-state index in [2.05, 4.69) is 9.97 Å². The lowest BCUT2D eigenvalue weighted by atomic mass is 9.70. The zero-order valence-corrected chi connectivity index (χ0v) is 31.1. The summed E-state index contributed by atoms with van der Waals surface area (Å²) in [6.45, 7) is 7.60. The molecule has 4 aromatic rings. The average Bonchev–Trinajstić information content (AvgIpc) is 3.87. The molecular formula is C39H44Cl2N4O6. The Kier molecular flexibility index (Phi) is 9.60. The van der Waals surface area contributed by atoms with Gasteiger partial charge in [0.1, 0.15) is 0 Å². The zero-order valence-electron chi connectivity index (χ0n) is 29.5. The first-order valence-corrected chi connectivity index (χ1v) is 18.9. The number of amides is 2. The molecular weight excluding hydrogens is 691 g/mol. The topological polar surface area (TPSA) is 125 Å². The summed E-state index contributed by atoms with van der Waals surface area (Å²) in [5, 5.41) is 1.87. The SMILES string of the molecule is CC(=O)Oc1cc2c(c3c(C)c[nH]c13)[C@H](CCl)CN2C(=O)CCCC1(C(=O)N2C[C@@H](CCl)c3c2cc(OC(C)=O)c2[nH]cc(C)c32)CCCCC1. The Labute approximate surface area is 307 Å². The van der Waals surface area contributed by atoms with Crippen molar-refractivity contribution in [3.8, 4) is 11.5 Å². The number of halogens is 2. The monoisotopic (exact) mass is 734 g/mol. The highest BCUT2D eigenvalue weighted by molar-refractivity contribution is 6.19. The van der Waals surface area contributed by atoms with Crippen LogP contribution in [0.5, 0.6) is 11.5 Å². The highest BCUT2D eigenvalue weighted by atomic mass is 35.5. The quantitative estimate of drug-likeness (QED) is 0.101. The number of aromatic amines is 2. The van der Waals surface area contributed by atoms with Crippen LogP contribution in [-0.4, -0.2) is 58.6 Å². The molecule has 0 unspecified atom stereocenters. The van der Waals surface area contributed by atoms with Crippen molar-refractivity contribution in [3.63, 3.8) is 0 Å². The minimum absolute atomic E-state index is 0.0475. The molecule has 1 fully saturated rings. The van der Waals surface area contributed by atoms with Gasteiger partial charge in [-0.3, -0.25) is 19.2 Å². The summed E-state index contributed by atoms with van der Waals surface area (Å²) in [5.74, 6) is 0.447. The summed E-state index contributed by atoms with van der Waals surface area (Å²) in [6.07, 6.45) is 9.58. The molecule has 2 amide bonds. The van der Waals surface area contributed by atoms with E-state index < -0.39 is 17.4 Å². The first-order chi connectivity index (χ1) is 24.5. The largest absolute Gasteiger partial charge is 0.424 e. The molecule has 0 spiro atoms. The van der Waals surface area contributed by atoms with Crippen LogP contribution in [0.3, 0.4) is 0 Å². The molecule has 270 valence electrons. The predicted molar refractivity (Wildman–Crippen MR) is 200 cm³/mol. The van der Waals surface area contributed by atoms with Crippen LogP contribution >= 0.6 is 23.2 Å². The summed E-state index contributed by atoms with van der Waals surface area (Å²) >= 11 is 13.1. The van der Waals surface area contributed by atoms with Crippen molar-refractivity contribution >= 4 is 80.1 Å². The number of carbonyl (C=O) groups is 4. The first-order valence-electron chi connectivity index (χ1n) is 17.9. The Morgan fingerprint density at radius 3 is 1.76 bits per heavy atom. The van der Waals surface area contributed by atoms with Gasteiger partial charge in [0.05, 0.1) is 22.4 Å². The number of hydrogen-bond acceptors (Lipinski definition) is 6. The summed E-state index contributed by atoms with van der Waals surface area (Å²) in [6, 6.07) is 3.59. The van der Waals surface area contributed by atoms with Crippen LogP contribution < -0.4 is 19.3 Å². The molecule has 1 saturated carbocycles. The maximum atomic E-state index is 14.9. The lowest BCUT2D eigenvalue weighted by molar-refractivity contribution is -0.132. The molecule has 0 bridgehead atoms. The number of aromatic nitrogens is 2. The van der Waals surface area contributed by atoms with Crippen LogP contribution in [0.2, 0.25) is 0 Å². The summed E-state index contributed by atoms with van der Waals surface area (Å²) in [4.78, 5) is 63.2. The van der Waals surface area contributed by atoms with E-state index in [0.29, 0.717) is 49.2 Å². The smallest absolute Gasteiger partial charge is 0.308 e. The van der Waals surface area contributed by atoms with Crippen LogP contribution in [0, 0.1) is 19.3 Å². The van der Waals surface area contributed by atoms with Gasteiger partial charge in [-0.05, 0) is 61.8 Å². The van der Waals surface area contributed by atoms with Crippen molar-refractivity contribution in [3.05, 3.63) is 46.8 Å². The molecule has 51 heavy (non-hydrogen) atoms. The van der Waals surface area contributed by atoms with Crippen molar-refractivity contribution in [1.82, 2.24) is 9.97 Å². The number of ether oxygens (including phenoxy) is 2. The molecule has 2 aromatic carbocycles. The number of anilines is 2. The van der Waals surface area contributed by atoms with E-state index in [9.17, 15) is 19.2 Å². The normalized spacial score (nSPS) is 19.4. The Hall–Kier alpha value is -4.02. The number of nitrogens with one attached hydrogen (secondary N) is 2. The van der Waals surface area contributed by atoms with Crippen molar-refractivity contribution in [2.45, 2.75) is 90.9 Å². The van der Waals surface area contributed by atoms with Gasteiger partial charge in [-0.15, -0.1) is 23.2 Å². The first kappa shape index (κ1) is 35.4. The number of fused-ring (bicyclic) bond motifs is 6. The highest BCUT2D eigenvalue weighted by Crippen LogP contribution is 2.51. The Morgan fingerprint density at radius 2 is 1.27 bits per heavy atom. The van der Waals surface area contributed by atoms with Crippen molar-refractivity contribution in [1.29, 1.82) is 0 Å². The minimum atomic E-state index is -0.626. The molecule has 2 aromatic heterocycles. The molecule has 2 N–H and O–H groups in total.